The Labute approximate surface area is 154 Å². The van der Waals surface area contributed by atoms with Crippen LogP contribution in [0.4, 0.5) is 19.1 Å². The van der Waals surface area contributed by atoms with Crippen molar-refractivity contribution in [3.8, 4) is 5.75 Å². The number of benzene rings is 1. The van der Waals surface area contributed by atoms with Crippen LogP contribution in [0.2, 0.25) is 0 Å². The molecule has 0 aliphatic heterocycles. The molecular formula is C17H21FN2O5S. The minimum Gasteiger partial charge on any atom is -0.465 e. The van der Waals surface area contributed by atoms with E-state index in [-0.39, 0.29) is 10.6 Å². The van der Waals surface area contributed by atoms with E-state index < -0.39 is 35.0 Å². The third kappa shape index (κ3) is 4.40. The molecule has 7 nitrogen and oxygen atoms in total. The number of amides is 1. The van der Waals surface area contributed by atoms with Crippen LogP contribution in [-0.4, -0.2) is 33.5 Å². The molecule has 2 rings (SSSR count). The highest BCUT2D eigenvalue weighted by molar-refractivity contribution is 7.22. The number of nitrogens with zero attached hydrogens (tertiary/aromatic N) is 2. The van der Waals surface area contributed by atoms with Crippen LogP contribution < -0.4 is 9.64 Å². The van der Waals surface area contributed by atoms with Crippen LogP contribution in [0.1, 0.15) is 41.5 Å². The molecule has 9 heteroatoms. The quantitative estimate of drug-likeness (QED) is 0.577. The smallest absolute Gasteiger partial charge is 0.465 e. The fourth-order valence-corrected chi connectivity index (χ4v) is 3.28. The van der Waals surface area contributed by atoms with Crippen LogP contribution in [0.15, 0.2) is 12.1 Å². The monoisotopic (exact) mass is 384 g/mol. The number of hydrogen-bond acceptors (Lipinski definition) is 6. The Morgan fingerprint density at radius 1 is 1.19 bits per heavy atom. The number of carbonyl (C=O) groups excluding carboxylic acids is 1. The van der Waals surface area contributed by atoms with Crippen molar-refractivity contribution in [3.05, 3.63) is 17.9 Å². The highest BCUT2D eigenvalue weighted by Gasteiger charge is 2.31. The highest BCUT2D eigenvalue weighted by atomic mass is 32.1. The predicted octanol–water partition coefficient (Wildman–Crippen LogP) is 5.03. The predicted molar refractivity (Wildman–Crippen MR) is 96.7 cm³/mol. The summed E-state index contributed by atoms with van der Waals surface area (Å²) < 4.78 is 24.8. The molecule has 0 atom stereocenters. The fourth-order valence-electron chi connectivity index (χ4n) is 2.14. The van der Waals surface area contributed by atoms with Gasteiger partial charge >= 0.3 is 12.2 Å². The number of anilines is 1. The Bertz CT molecular complexity index is 851. The number of ether oxygens (including phenoxy) is 2. The van der Waals surface area contributed by atoms with Gasteiger partial charge in [0, 0.05) is 5.54 Å². The van der Waals surface area contributed by atoms with E-state index in [4.69, 9.17) is 9.47 Å². The van der Waals surface area contributed by atoms with E-state index in [0.29, 0.717) is 4.70 Å². The molecule has 0 spiro atoms. The van der Waals surface area contributed by atoms with E-state index >= 15 is 0 Å². The molecule has 142 valence electrons. The van der Waals surface area contributed by atoms with Gasteiger partial charge in [-0.2, -0.15) is 0 Å². The Balaban J connectivity index is 2.50. The molecule has 1 aromatic heterocycles. The van der Waals surface area contributed by atoms with Crippen molar-refractivity contribution in [2.24, 2.45) is 0 Å². The number of halogens is 1. The van der Waals surface area contributed by atoms with E-state index in [2.05, 4.69) is 4.98 Å². The number of carboxylic acid groups (broad SMARTS) is 1. The summed E-state index contributed by atoms with van der Waals surface area (Å²) in [5.41, 5.74) is -1.50. The second-order valence-electron chi connectivity index (χ2n) is 7.57. The molecule has 0 fully saturated rings. The zero-order chi connectivity index (χ0) is 19.9. The largest absolute Gasteiger partial charge is 0.514 e. The molecule has 2 aromatic rings. The van der Waals surface area contributed by atoms with E-state index in [0.717, 1.165) is 22.3 Å². The number of rotatable bonds is 2. The average Bonchev–Trinajstić information content (AvgIpc) is 2.81. The number of fused-ring (bicyclic) bond motifs is 1. The third-order valence-corrected chi connectivity index (χ3v) is 4.09. The molecule has 1 aromatic carbocycles. The SMILES string of the molecule is CC(C)(C)OC(=O)Oc1c(F)ccc2sc(N(C(=O)O)C(C)(C)C)nc12. The summed E-state index contributed by atoms with van der Waals surface area (Å²) in [6.07, 6.45) is -2.25. The topological polar surface area (TPSA) is 89.0 Å². The van der Waals surface area contributed by atoms with E-state index in [9.17, 15) is 19.1 Å². The van der Waals surface area contributed by atoms with Crippen LogP contribution in [0.3, 0.4) is 0 Å². The Morgan fingerprint density at radius 3 is 2.31 bits per heavy atom. The van der Waals surface area contributed by atoms with Gasteiger partial charge in [-0.25, -0.2) is 23.9 Å². The Morgan fingerprint density at radius 2 is 1.81 bits per heavy atom. The first-order chi connectivity index (χ1) is 11.8. The lowest BCUT2D eigenvalue weighted by Gasteiger charge is -2.30. The number of thiazole rings is 1. The molecule has 1 heterocycles. The van der Waals surface area contributed by atoms with Gasteiger partial charge in [-0.1, -0.05) is 11.3 Å². The van der Waals surface area contributed by atoms with Crippen molar-refractivity contribution in [1.82, 2.24) is 4.98 Å². The van der Waals surface area contributed by atoms with Gasteiger partial charge in [0.15, 0.2) is 16.7 Å². The van der Waals surface area contributed by atoms with Gasteiger partial charge < -0.3 is 14.6 Å². The maximum absolute atomic E-state index is 14.2. The lowest BCUT2D eigenvalue weighted by molar-refractivity contribution is 0.0201. The van der Waals surface area contributed by atoms with Gasteiger partial charge in [0.25, 0.3) is 0 Å². The maximum Gasteiger partial charge on any atom is 0.514 e. The number of hydrogen-bond donors (Lipinski definition) is 1. The number of aromatic nitrogens is 1. The summed E-state index contributed by atoms with van der Waals surface area (Å²) >= 11 is 1.06. The lowest BCUT2D eigenvalue weighted by Crippen LogP contribution is -2.45. The fraction of sp³-hybridized carbons (Fsp3) is 0.471. The molecule has 0 aliphatic carbocycles. The summed E-state index contributed by atoms with van der Waals surface area (Å²) in [6.45, 7) is 10.1. The van der Waals surface area contributed by atoms with E-state index in [1.165, 1.54) is 6.07 Å². The van der Waals surface area contributed by atoms with Gasteiger partial charge in [-0.05, 0) is 53.7 Å². The first kappa shape index (κ1) is 19.9. The first-order valence-electron chi connectivity index (χ1n) is 7.82. The highest BCUT2D eigenvalue weighted by Crippen LogP contribution is 2.38. The third-order valence-electron chi connectivity index (χ3n) is 3.08. The summed E-state index contributed by atoms with van der Waals surface area (Å²) in [5, 5.41) is 9.65. The van der Waals surface area contributed by atoms with Crippen molar-refractivity contribution < 1.29 is 28.6 Å². The van der Waals surface area contributed by atoms with Crippen molar-refractivity contribution in [1.29, 1.82) is 0 Å². The van der Waals surface area contributed by atoms with E-state index in [1.807, 2.05) is 0 Å². The van der Waals surface area contributed by atoms with Crippen molar-refractivity contribution in [2.75, 3.05) is 4.90 Å². The molecule has 0 bridgehead atoms. The van der Waals surface area contributed by atoms with Crippen LogP contribution in [-0.2, 0) is 4.74 Å². The Hall–Kier alpha value is -2.42. The molecular weight excluding hydrogens is 363 g/mol. The van der Waals surface area contributed by atoms with Crippen LogP contribution >= 0.6 is 11.3 Å². The molecule has 0 saturated heterocycles. The van der Waals surface area contributed by atoms with Gasteiger partial charge in [0.1, 0.15) is 11.1 Å². The zero-order valence-electron chi connectivity index (χ0n) is 15.4. The van der Waals surface area contributed by atoms with Crippen LogP contribution in [0.25, 0.3) is 10.2 Å². The van der Waals surface area contributed by atoms with Gasteiger partial charge in [0.05, 0.1) is 4.70 Å². The number of carbonyl (C=O) groups is 2. The minimum atomic E-state index is -1.19. The molecule has 0 unspecified atom stereocenters. The zero-order valence-corrected chi connectivity index (χ0v) is 16.2. The summed E-state index contributed by atoms with van der Waals surface area (Å²) in [7, 11) is 0. The minimum absolute atomic E-state index is 0.0614. The molecule has 1 N–H and O–H groups in total. The Kier molecular flexibility index (Phi) is 5.14. The summed E-state index contributed by atoms with van der Waals surface area (Å²) in [6, 6.07) is 2.59. The van der Waals surface area contributed by atoms with Gasteiger partial charge in [-0.15, -0.1) is 0 Å². The molecule has 26 heavy (non-hydrogen) atoms. The maximum atomic E-state index is 14.2. The summed E-state index contributed by atoms with van der Waals surface area (Å²) in [4.78, 5) is 28.8. The van der Waals surface area contributed by atoms with E-state index in [1.54, 1.807) is 41.5 Å². The second kappa shape index (κ2) is 6.71. The molecule has 1 amide bonds. The first-order valence-corrected chi connectivity index (χ1v) is 8.64. The van der Waals surface area contributed by atoms with Crippen LogP contribution in [0.5, 0.6) is 5.75 Å². The standard InChI is InChI=1S/C17H21FN2O5S/c1-16(2,3)20(14(21)22)13-19-11-10(26-13)8-7-9(18)12(11)24-15(23)25-17(4,5)6/h7-8H,1-6H3,(H,21,22). The molecule has 0 aliphatic rings. The van der Waals surface area contributed by atoms with Crippen molar-refractivity contribution in [3.63, 3.8) is 0 Å². The molecule has 0 radical (unpaired) electrons. The van der Waals surface area contributed by atoms with Gasteiger partial charge in [-0.3, -0.25) is 0 Å². The normalized spacial score (nSPS) is 12.1. The lowest BCUT2D eigenvalue weighted by atomic mass is 10.1. The summed E-state index contributed by atoms with van der Waals surface area (Å²) in [5.74, 6) is -1.18. The van der Waals surface area contributed by atoms with Crippen molar-refractivity contribution >= 4 is 38.9 Å². The average molecular weight is 384 g/mol. The molecule has 0 saturated carbocycles. The van der Waals surface area contributed by atoms with Gasteiger partial charge in [0.2, 0.25) is 0 Å². The van der Waals surface area contributed by atoms with Crippen molar-refractivity contribution in [2.45, 2.75) is 52.7 Å². The second-order valence-corrected chi connectivity index (χ2v) is 8.58. The van der Waals surface area contributed by atoms with Crippen LogP contribution in [0, 0.1) is 5.82 Å².